The van der Waals surface area contributed by atoms with E-state index < -0.39 is 0 Å². The van der Waals surface area contributed by atoms with Crippen LogP contribution in [-0.2, 0) is 6.54 Å². The Kier molecular flexibility index (Phi) is 5.39. The van der Waals surface area contributed by atoms with Crippen LogP contribution in [0.15, 0.2) is 67.0 Å². The zero-order valence-electron chi connectivity index (χ0n) is 17.3. The quantitative estimate of drug-likeness (QED) is 0.548. The third-order valence-electron chi connectivity index (χ3n) is 5.15. The highest BCUT2D eigenvalue weighted by Gasteiger charge is 2.22. The first-order chi connectivity index (χ1) is 14.5. The first kappa shape index (κ1) is 19.5. The maximum Gasteiger partial charge on any atom is 0.274 e. The molecule has 4 rings (SSSR count). The summed E-state index contributed by atoms with van der Waals surface area (Å²) < 4.78 is 1.71. The van der Waals surface area contributed by atoms with Crippen LogP contribution >= 0.6 is 0 Å². The summed E-state index contributed by atoms with van der Waals surface area (Å²) in [7, 11) is 0. The highest BCUT2D eigenvalue weighted by atomic mass is 16.2. The van der Waals surface area contributed by atoms with E-state index in [9.17, 15) is 4.79 Å². The topological polar surface area (TPSA) is 72.7 Å². The Balaban J connectivity index is 1.70. The van der Waals surface area contributed by atoms with Crippen molar-refractivity contribution in [2.75, 3.05) is 0 Å². The van der Waals surface area contributed by atoms with Gasteiger partial charge in [0.15, 0.2) is 5.69 Å². The minimum Gasteiger partial charge on any atom is -0.346 e. The smallest absolute Gasteiger partial charge is 0.274 e. The van der Waals surface area contributed by atoms with Crippen molar-refractivity contribution in [1.82, 2.24) is 25.3 Å². The number of carbonyl (C=O) groups is 1. The maximum atomic E-state index is 13.0. The van der Waals surface area contributed by atoms with E-state index in [0.717, 1.165) is 22.4 Å². The number of carbonyl (C=O) groups excluding carboxylic acids is 1. The third-order valence-corrected chi connectivity index (χ3v) is 5.15. The van der Waals surface area contributed by atoms with Gasteiger partial charge in [0.1, 0.15) is 5.69 Å². The summed E-state index contributed by atoms with van der Waals surface area (Å²) in [5.74, 6) is -0.266. The molecule has 0 aliphatic rings. The molecule has 0 saturated carbocycles. The Labute approximate surface area is 175 Å². The summed E-state index contributed by atoms with van der Waals surface area (Å²) in [6.07, 6.45) is 3.39. The minimum atomic E-state index is -0.266. The Morgan fingerprint density at radius 3 is 2.37 bits per heavy atom. The van der Waals surface area contributed by atoms with E-state index in [1.165, 1.54) is 11.1 Å². The lowest BCUT2D eigenvalue weighted by atomic mass is 10.1. The predicted octanol–water partition coefficient (Wildman–Crippen LogP) is 4.18. The number of aromatic nitrogens is 4. The largest absolute Gasteiger partial charge is 0.346 e. The molecule has 1 N–H and O–H groups in total. The Morgan fingerprint density at radius 1 is 0.933 bits per heavy atom. The number of nitrogens with zero attached hydrogens (tertiary/aromatic N) is 4. The molecular formula is C24H23N5O. The molecule has 6 nitrogen and oxygen atoms in total. The molecule has 1 amide bonds. The van der Waals surface area contributed by atoms with Gasteiger partial charge in [0, 0.05) is 24.5 Å². The number of hydrogen-bond donors (Lipinski definition) is 1. The summed E-state index contributed by atoms with van der Waals surface area (Å²) in [6.45, 7) is 6.57. The van der Waals surface area contributed by atoms with Crippen molar-refractivity contribution in [1.29, 1.82) is 0 Å². The zero-order valence-corrected chi connectivity index (χ0v) is 17.3. The van der Waals surface area contributed by atoms with Crippen molar-refractivity contribution in [2.45, 2.75) is 27.3 Å². The molecule has 0 fully saturated rings. The number of rotatable bonds is 5. The molecule has 0 atom stereocenters. The van der Waals surface area contributed by atoms with Crippen molar-refractivity contribution in [3.05, 3.63) is 94.9 Å². The van der Waals surface area contributed by atoms with Gasteiger partial charge in [-0.25, -0.2) is 4.68 Å². The van der Waals surface area contributed by atoms with Gasteiger partial charge in [-0.05, 0) is 61.7 Å². The van der Waals surface area contributed by atoms with Crippen LogP contribution in [-0.4, -0.2) is 25.9 Å². The Hall–Kier alpha value is -3.80. The molecule has 2 heterocycles. The third kappa shape index (κ3) is 3.98. The lowest BCUT2D eigenvalue weighted by molar-refractivity contribution is 0.0946. The normalized spacial score (nSPS) is 10.8. The second-order valence-electron chi connectivity index (χ2n) is 7.37. The van der Waals surface area contributed by atoms with Crippen LogP contribution in [0.1, 0.15) is 32.7 Å². The molecule has 2 aromatic heterocycles. The van der Waals surface area contributed by atoms with E-state index in [1.807, 2.05) is 61.5 Å². The second kappa shape index (κ2) is 8.29. The van der Waals surface area contributed by atoms with Gasteiger partial charge in [0.25, 0.3) is 5.91 Å². The molecule has 150 valence electrons. The van der Waals surface area contributed by atoms with E-state index in [-0.39, 0.29) is 11.6 Å². The van der Waals surface area contributed by atoms with Gasteiger partial charge in [0.2, 0.25) is 0 Å². The van der Waals surface area contributed by atoms with E-state index in [0.29, 0.717) is 12.2 Å². The van der Waals surface area contributed by atoms with E-state index >= 15 is 0 Å². The molecule has 0 spiro atoms. The van der Waals surface area contributed by atoms with Gasteiger partial charge < -0.3 is 5.32 Å². The first-order valence-electron chi connectivity index (χ1n) is 9.80. The maximum absolute atomic E-state index is 13.0. The van der Waals surface area contributed by atoms with Gasteiger partial charge >= 0.3 is 0 Å². The van der Waals surface area contributed by atoms with Crippen LogP contribution in [0.3, 0.4) is 0 Å². The fraction of sp³-hybridized carbons (Fsp3) is 0.167. The van der Waals surface area contributed by atoms with Crippen LogP contribution in [0.25, 0.3) is 16.9 Å². The number of pyridine rings is 1. The number of benzene rings is 2. The molecule has 0 unspecified atom stereocenters. The minimum absolute atomic E-state index is 0.266. The molecule has 6 heteroatoms. The van der Waals surface area contributed by atoms with Crippen LogP contribution in [0, 0.1) is 20.8 Å². The fourth-order valence-electron chi connectivity index (χ4n) is 3.21. The molecule has 2 aromatic carbocycles. The Bertz CT molecular complexity index is 1180. The van der Waals surface area contributed by atoms with Crippen molar-refractivity contribution in [3.63, 3.8) is 0 Å². The zero-order chi connectivity index (χ0) is 21.1. The lowest BCUT2D eigenvalue weighted by Gasteiger charge is -2.10. The fourth-order valence-corrected chi connectivity index (χ4v) is 3.21. The van der Waals surface area contributed by atoms with Crippen molar-refractivity contribution < 1.29 is 4.79 Å². The van der Waals surface area contributed by atoms with Crippen molar-refractivity contribution in [2.24, 2.45) is 0 Å². The number of hydrogen-bond acceptors (Lipinski definition) is 4. The molecule has 0 aliphatic heterocycles. The van der Waals surface area contributed by atoms with Gasteiger partial charge in [-0.2, -0.15) is 0 Å². The van der Waals surface area contributed by atoms with E-state index in [1.54, 1.807) is 17.1 Å². The van der Waals surface area contributed by atoms with Crippen LogP contribution in [0.5, 0.6) is 0 Å². The van der Waals surface area contributed by atoms with Gasteiger partial charge in [-0.1, -0.05) is 41.1 Å². The SMILES string of the molecule is Cc1ccc(CNC(=O)c2nnn(-c3ccc(C)c(C)c3)c2-c2ccncc2)cc1. The standard InChI is InChI=1S/C24H23N5O/c1-16-4-7-19(8-5-16)15-26-24(30)22-23(20-10-12-25-13-11-20)29(28-27-22)21-9-6-17(2)18(3)14-21/h4-14H,15H2,1-3H3,(H,26,30). The molecular weight excluding hydrogens is 374 g/mol. The van der Waals surface area contributed by atoms with E-state index in [4.69, 9.17) is 0 Å². The molecule has 0 bridgehead atoms. The van der Waals surface area contributed by atoms with Gasteiger partial charge in [-0.3, -0.25) is 9.78 Å². The first-order valence-corrected chi connectivity index (χ1v) is 9.80. The summed E-state index contributed by atoms with van der Waals surface area (Å²) in [4.78, 5) is 17.1. The Morgan fingerprint density at radius 2 is 1.67 bits per heavy atom. The average molecular weight is 397 g/mol. The summed E-state index contributed by atoms with van der Waals surface area (Å²) in [5.41, 5.74) is 7.16. The van der Waals surface area contributed by atoms with E-state index in [2.05, 4.69) is 34.5 Å². The number of amides is 1. The van der Waals surface area contributed by atoms with Crippen LogP contribution in [0.4, 0.5) is 0 Å². The summed E-state index contributed by atoms with van der Waals surface area (Å²) >= 11 is 0. The lowest BCUT2D eigenvalue weighted by Crippen LogP contribution is -2.24. The summed E-state index contributed by atoms with van der Waals surface area (Å²) in [5, 5.41) is 11.5. The van der Waals surface area contributed by atoms with Crippen LogP contribution < -0.4 is 5.32 Å². The molecule has 0 saturated heterocycles. The highest BCUT2D eigenvalue weighted by molar-refractivity contribution is 5.98. The molecule has 0 aliphatic carbocycles. The number of aryl methyl sites for hydroxylation is 3. The molecule has 4 aromatic rings. The second-order valence-corrected chi connectivity index (χ2v) is 7.37. The monoisotopic (exact) mass is 397 g/mol. The van der Waals surface area contributed by atoms with Crippen molar-refractivity contribution in [3.8, 4) is 16.9 Å². The molecule has 30 heavy (non-hydrogen) atoms. The highest BCUT2D eigenvalue weighted by Crippen LogP contribution is 2.26. The predicted molar refractivity (Wildman–Crippen MR) is 116 cm³/mol. The van der Waals surface area contributed by atoms with Gasteiger partial charge in [-0.15, -0.1) is 5.10 Å². The number of nitrogens with one attached hydrogen (secondary N) is 1. The van der Waals surface area contributed by atoms with Crippen molar-refractivity contribution >= 4 is 5.91 Å². The van der Waals surface area contributed by atoms with Crippen LogP contribution in [0.2, 0.25) is 0 Å². The van der Waals surface area contributed by atoms with Gasteiger partial charge in [0.05, 0.1) is 5.69 Å². The average Bonchev–Trinajstić information content (AvgIpc) is 3.21. The summed E-state index contributed by atoms with van der Waals surface area (Å²) in [6, 6.07) is 17.8. The molecule has 0 radical (unpaired) electrons.